The Labute approximate surface area is 209 Å². The molecule has 0 fully saturated rings. The van der Waals surface area contributed by atoms with Crippen LogP contribution in [-0.2, 0) is 17.1 Å². The number of carbonyl (C=O) groups excluding carboxylic acids is 2. The topological polar surface area (TPSA) is 67.9 Å². The molecule has 0 unspecified atom stereocenters. The van der Waals surface area contributed by atoms with Gasteiger partial charge in [-0.15, -0.1) is 0 Å². The molecule has 0 bridgehead atoms. The van der Waals surface area contributed by atoms with Crippen molar-refractivity contribution in [2.45, 2.75) is 31.3 Å². The molecule has 0 radical (unpaired) electrons. The number of carbonyl (C=O) groups is 2. The third-order valence-corrected chi connectivity index (χ3v) is 7.43. The number of amides is 2. The van der Waals surface area contributed by atoms with E-state index in [1.165, 1.54) is 5.56 Å². The molecule has 0 saturated heterocycles. The van der Waals surface area contributed by atoms with Gasteiger partial charge in [0.05, 0.1) is 6.04 Å². The summed E-state index contributed by atoms with van der Waals surface area (Å²) in [6.45, 7) is 3.43. The molecule has 6 nitrogen and oxygen atoms in total. The molecule has 7 heteroatoms. The van der Waals surface area contributed by atoms with Crippen LogP contribution in [0.25, 0.3) is 0 Å². The van der Waals surface area contributed by atoms with E-state index in [9.17, 15) is 9.59 Å². The van der Waals surface area contributed by atoms with Crippen LogP contribution in [0.5, 0.6) is 11.5 Å². The van der Waals surface area contributed by atoms with Crippen LogP contribution >= 0.6 is 11.8 Å². The Morgan fingerprint density at radius 3 is 2.54 bits per heavy atom. The van der Waals surface area contributed by atoms with Gasteiger partial charge in [-0.2, -0.15) is 11.8 Å². The number of nitrogens with one attached hydrogen (secondary N) is 1. The zero-order valence-corrected chi connectivity index (χ0v) is 20.4. The van der Waals surface area contributed by atoms with Crippen molar-refractivity contribution < 1.29 is 19.1 Å². The predicted octanol–water partition coefficient (Wildman–Crippen LogP) is 4.59. The maximum atomic E-state index is 13.6. The van der Waals surface area contributed by atoms with Gasteiger partial charge in [0, 0.05) is 23.6 Å². The van der Waals surface area contributed by atoms with E-state index in [1.54, 1.807) is 16.7 Å². The lowest BCUT2D eigenvalue weighted by molar-refractivity contribution is -0.125. The lowest BCUT2D eigenvalue weighted by Gasteiger charge is -2.28. The van der Waals surface area contributed by atoms with Crippen LogP contribution in [0.1, 0.15) is 40.0 Å². The van der Waals surface area contributed by atoms with Gasteiger partial charge in [0.25, 0.3) is 5.91 Å². The molecule has 180 valence electrons. The summed E-state index contributed by atoms with van der Waals surface area (Å²) in [6, 6.07) is 22.6. The second-order valence-corrected chi connectivity index (χ2v) is 9.77. The smallest absolute Gasteiger partial charge is 0.255 e. The van der Waals surface area contributed by atoms with E-state index in [0.717, 1.165) is 16.9 Å². The Bertz CT molecular complexity index is 1220. The molecule has 0 saturated carbocycles. The van der Waals surface area contributed by atoms with E-state index >= 15 is 0 Å². The molecule has 5 rings (SSSR count). The molecule has 0 aromatic heterocycles. The first-order valence-corrected chi connectivity index (χ1v) is 13.0. The van der Waals surface area contributed by atoms with E-state index < -0.39 is 6.04 Å². The summed E-state index contributed by atoms with van der Waals surface area (Å²) in [5.74, 6) is 2.44. The van der Waals surface area contributed by atoms with Crippen molar-refractivity contribution in [1.29, 1.82) is 0 Å². The van der Waals surface area contributed by atoms with Crippen molar-refractivity contribution in [2.24, 2.45) is 0 Å². The third-order valence-electron chi connectivity index (χ3n) is 6.34. The van der Waals surface area contributed by atoms with Crippen LogP contribution in [0.15, 0.2) is 72.8 Å². The first-order chi connectivity index (χ1) is 17.1. The molecule has 2 amide bonds. The van der Waals surface area contributed by atoms with Crippen LogP contribution in [0.2, 0.25) is 0 Å². The Hall–Kier alpha value is -3.45. The molecule has 2 heterocycles. The Morgan fingerprint density at radius 1 is 1.00 bits per heavy atom. The molecule has 2 atom stereocenters. The van der Waals surface area contributed by atoms with Crippen molar-refractivity contribution in [3.05, 3.63) is 95.1 Å². The van der Waals surface area contributed by atoms with Crippen molar-refractivity contribution in [2.75, 3.05) is 19.0 Å². The Morgan fingerprint density at radius 2 is 1.74 bits per heavy atom. The molecule has 35 heavy (non-hydrogen) atoms. The first-order valence-electron chi connectivity index (χ1n) is 11.8. The SMILES string of the molecule is C[C@@H](NC(=O)[C@H](CSCc1ccccc1)N1Cc2ccccc2C1=O)c1ccc2c(c1)OCCO2. The van der Waals surface area contributed by atoms with Crippen molar-refractivity contribution >= 4 is 23.6 Å². The number of fused-ring (bicyclic) bond motifs is 2. The number of nitrogens with zero attached hydrogens (tertiary/aromatic N) is 1. The van der Waals surface area contributed by atoms with Gasteiger partial charge in [-0.1, -0.05) is 54.6 Å². The maximum absolute atomic E-state index is 13.6. The second-order valence-electron chi connectivity index (χ2n) is 8.74. The van der Waals surface area contributed by atoms with Gasteiger partial charge in [0.1, 0.15) is 19.3 Å². The summed E-state index contributed by atoms with van der Waals surface area (Å²) in [5, 5.41) is 3.13. The van der Waals surface area contributed by atoms with E-state index in [0.29, 0.717) is 42.6 Å². The van der Waals surface area contributed by atoms with Gasteiger partial charge in [-0.05, 0) is 41.8 Å². The highest BCUT2D eigenvalue weighted by Gasteiger charge is 2.36. The molecular weight excluding hydrogens is 460 g/mol. The van der Waals surface area contributed by atoms with Crippen molar-refractivity contribution in [3.8, 4) is 11.5 Å². The fourth-order valence-electron chi connectivity index (χ4n) is 4.42. The Balaban J connectivity index is 1.31. The minimum atomic E-state index is -0.580. The summed E-state index contributed by atoms with van der Waals surface area (Å²) < 4.78 is 11.3. The summed E-state index contributed by atoms with van der Waals surface area (Å²) in [6.07, 6.45) is 0. The lowest BCUT2D eigenvalue weighted by Crippen LogP contribution is -2.49. The van der Waals surface area contributed by atoms with Gasteiger partial charge in [0.15, 0.2) is 11.5 Å². The minimum Gasteiger partial charge on any atom is -0.486 e. The quantitative estimate of drug-likeness (QED) is 0.502. The fourth-order valence-corrected chi connectivity index (χ4v) is 5.52. The maximum Gasteiger partial charge on any atom is 0.255 e. The number of ether oxygens (including phenoxy) is 2. The van der Waals surface area contributed by atoms with E-state index in [1.807, 2.05) is 67.6 Å². The number of benzene rings is 3. The van der Waals surface area contributed by atoms with E-state index in [4.69, 9.17) is 9.47 Å². The number of hydrogen-bond donors (Lipinski definition) is 1. The van der Waals surface area contributed by atoms with E-state index in [2.05, 4.69) is 17.4 Å². The number of thioether (sulfide) groups is 1. The van der Waals surface area contributed by atoms with Gasteiger partial charge in [-0.3, -0.25) is 9.59 Å². The number of rotatable bonds is 8. The van der Waals surface area contributed by atoms with Crippen LogP contribution in [0, 0.1) is 0 Å². The average molecular weight is 489 g/mol. The van der Waals surface area contributed by atoms with Gasteiger partial charge < -0.3 is 19.7 Å². The summed E-state index contributed by atoms with van der Waals surface area (Å²) >= 11 is 1.66. The van der Waals surface area contributed by atoms with Crippen LogP contribution in [0.3, 0.4) is 0 Å². The van der Waals surface area contributed by atoms with Gasteiger partial charge in [0.2, 0.25) is 5.91 Å². The summed E-state index contributed by atoms with van der Waals surface area (Å²) in [5.41, 5.74) is 3.76. The molecule has 1 N–H and O–H groups in total. The first kappa shape index (κ1) is 23.3. The number of hydrogen-bond acceptors (Lipinski definition) is 5. The zero-order chi connectivity index (χ0) is 24.2. The highest BCUT2D eigenvalue weighted by atomic mass is 32.2. The van der Waals surface area contributed by atoms with Crippen LogP contribution in [-0.4, -0.2) is 41.7 Å². The van der Waals surface area contributed by atoms with Crippen LogP contribution < -0.4 is 14.8 Å². The van der Waals surface area contributed by atoms with Crippen molar-refractivity contribution in [3.63, 3.8) is 0 Å². The zero-order valence-electron chi connectivity index (χ0n) is 19.6. The summed E-state index contributed by atoms with van der Waals surface area (Å²) in [4.78, 5) is 28.5. The second kappa shape index (κ2) is 10.4. The van der Waals surface area contributed by atoms with Gasteiger partial charge >= 0.3 is 0 Å². The van der Waals surface area contributed by atoms with Gasteiger partial charge in [-0.25, -0.2) is 0 Å². The molecule has 0 spiro atoms. The summed E-state index contributed by atoms with van der Waals surface area (Å²) in [7, 11) is 0. The molecule has 3 aromatic rings. The lowest BCUT2D eigenvalue weighted by atomic mass is 10.1. The van der Waals surface area contributed by atoms with Crippen molar-refractivity contribution in [1.82, 2.24) is 10.2 Å². The minimum absolute atomic E-state index is 0.0898. The Kier molecular flexibility index (Phi) is 6.95. The molecule has 2 aliphatic heterocycles. The molecule has 0 aliphatic carbocycles. The molecular formula is C28H28N2O4S. The fraction of sp³-hybridized carbons (Fsp3) is 0.286. The van der Waals surface area contributed by atoms with Crippen LogP contribution in [0.4, 0.5) is 0 Å². The standard InChI is InChI=1S/C28H28N2O4S/c1-19(21-11-12-25-26(15-21)34-14-13-33-25)29-27(31)24(18-35-17-20-7-3-2-4-8-20)30-16-22-9-5-6-10-23(22)28(30)32/h2-12,15,19,24H,13-14,16-18H2,1H3,(H,29,31)/t19-,24+/m1/s1. The average Bonchev–Trinajstić information content (AvgIpc) is 3.23. The van der Waals surface area contributed by atoms with E-state index in [-0.39, 0.29) is 17.9 Å². The highest BCUT2D eigenvalue weighted by molar-refractivity contribution is 7.98. The largest absolute Gasteiger partial charge is 0.486 e. The predicted molar refractivity (Wildman–Crippen MR) is 137 cm³/mol. The monoisotopic (exact) mass is 488 g/mol. The highest BCUT2D eigenvalue weighted by Crippen LogP contribution is 2.33. The third kappa shape index (κ3) is 5.15. The normalized spacial score (nSPS) is 15.9. The molecule has 2 aliphatic rings. The molecule has 3 aromatic carbocycles.